The second kappa shape index (κ2) is 5.83. The summed E-state index contributed by atoms with van der Waals surface area (Å²) in [7, 11) is 0. The summed E-state index contributed by atoms with van der Waals surface area (Å²) in [6, 6.07) is 8.01. The number of likely N-dealkylation sites (tertiary alicyclic amines) is 1. The molecule has 1 aromatic heterocycles. The molecule has 116 valence electrons. The van der Waals surface area contributed by atoms with Gasteiger partial charge in [-0.1, -0.05) is 18.2 Å². The maximum atomic E-state index is 12.5. The number of fused-ring (bicyclic) bond motifs is 1. The van der Waals surface area contributed by atoms with Crippen LogP contribution < -0.4 is 0 Å². The van der Waals surface area contributed by atoms with Crippen LogP contribution in [0.25, 0.3) is 10.9 Å². The zero-order valence-corrected chi connectivity index (χ0v) is 12.7. The molecule has 1 aliphatic rings. The van der Waals surface area contributed by atoms with E-state index in [-0.39, 0.29) is 12.5 Å². The molecule has 1 aliphatic heterocycles. The Labute approximate surface area is 129 Å². The Morgan fingerprint density at radius 1 is 1.32 bits per heavy atom. The summed E-state index contributed by atoms with van der Waals surface area (Å²) in [6.07, 6.45) is 3.40. The standard InChI is InChI=1S/C17H20N2O3/c1-12-9-19(15-7-3-2-6-14(12)15)11-16(20)18-8-4-5-13(10-18)17(21)22/h2-3,6-7,9,13H,4-5,8,10-11H2,1H3,(H,21,22). The summed E-state index contributed by atoms with van der Waals surface area (Å²) in [5.74, 6) is -1.24. The largest absolute Gasteiger partial charge is 0.481 e. The minimum absolute atomic E-state index is 0.00768. The normalized spacial score (nSPS) is 18.6. The van der Waals surface area contributed by atoms with E-state index in [1.165, 1.54) is 0 Å². The maximum absolute atomic E-state index is 12.5. The van der Waals surface area contributed by atoms with Crippen LogP contribution in [0, 0.1) is 12.8 Å². The monoisotopic (exact) mass is 300 g/mol. The van der Waals surface area contributed by atoms with E-state index < -0.39 is 11.9 Å². The number of piperidine rings is 1. The average Bonchev–Trinajstić information content (AvgIpc) is 2.84. The number of nitrogens with zero attached hydrogens (tertiary/aromatic N) is 2. The van der Waals surface area contributed by atoms with Crippen molar-refractivity contribution in [1.82, 2.24) is 9.47 Å². The van der Waals surface area contributed by atoms with Gasteiger partial charge in [0, 0.05) is 30.2 Å². The highest BCUT2D eigenvalue weighted by Gasteiger charge is 2.28. The molecule has 0 saturated carbocycles. The quantitative estimate of drug-likeness (QED) is 0.946. The van der Waals surface area contributed by atoms with Gasteiger partial charge >= 0.3 is 5.97 Å². The number of carbonyl (C=O) groups is 2. The molecule has 5 nitrogen and oxygen atoms in total. The van der Waals surface area contributed by atoms with Gasteiger partial charge in [0.2, 0.25) is 5.91 Å². The summed E-state index contributed by atoms with van der Waals surface area (Å²) in [6.45, 7) is 3.28. The molecule has 1 aromatic carbocycles. The smallest absolute Gasteiger partial charge is 0.308 e. The fourth-order valence-electron chi connectivity index (χ4n) is 3.21. The number of hydrogen-bond acceptors (Lipinski definition) is 2. The molecule has 0 aliphatic carbocycles. The molecule has 1 saturated heterocycles. The van der Waals surface area contributed by atoms with Crippen LogP contribution in [0.15, 0.2) is 30.5 Å². The second-order valence-electron chi connectivity index (χ2n) is 5.97. The first-order valence-corrected chi connectivity index (χ1v) is 7.61. The Balaban J connectivity index is 1.77. The van der Waals surface area contributed by atoms with E-state index in [9.17, 15) is 9.59 Å². The lowest BCUT2D eigenvalue weighted by Crippen LogP contribution is -2.43. The van der Waals surface area contributed by atoms with E-state index in [1.807, 2.05) is 42.0 Å². The molecule has 0 radical (unpaired) electrons. The number of aryl methyl sites for hydroxylation is 1. The topological polar surface area (TPSA) is 62.5 Å². The number of carbonyl (C=O) groups excluding carboxylic acids is 1. The van der Waals surface area contributed by atoms with Gasteiger partial charge in [-0.2, -0.15) is 0 Å². The van der Waals surface area contributed by atoms with Gasteiger partial charge in [-0.3, -0.25) is 9.59 Å². The summed E-state index contributed by atoms with van der Waals surface area (Å²) in [4.78, 5) is 25.3. The van der Waals surface area contributed by atoms with Gasteiger partial charge in [0.15, 0.2) is 0 Å². The second-order valence-corrected chi connectivity index (χ2v) is 5.97. The predicted molar refractivity (Wildman–Crippen MR) is 83.6 cm³/mol. The Bertz CT molecular complexity index is 720. The van der Waals surface area contributed by atoms with E-state index in [0.717, 1.165) is 22.9 Å². The highest BCUT2D eigenvalue weighted by Crippen LogP contribution is 2.21. The number of amides is 1. The van der Waals surface area contributed by atoms with Crippen molar-refractivity contribution in [3.05, 3.63) is 36.0 Å². The van der Waals surface area contributed by atoms with E-state index in [2.05, 4.69) is 0 Å². The molecule has 1 atom stereocenters. The summed E-state index contributed by atoms with van der Waals surface area (Å²) < 4.78 is 1.96. The van der Waals surface area contributed by atoms with E-state index in [1.54, 1.807) is 4.90 Å². The van der Waals surface area contributed by atoms with Crippen LogP contribution in [0.2, 0.25) is 0 Å². The first-order chi connectivity index (χ1) is 10.6. The third kappa shape index (κ3) is 2.71. The summed E-state index contributed by atoms with van der Waals surface area (Å²) >= 11 is 0. The van der Waals surface area contributed by atoms with Gasteiger partial charge in [-0.05, 0) is 31.4 Å². The molecule has 3 rings (SSSR count). The molecule has 5 heteroatoms. The van der Waals surface area contributed by atoms with E-state index in [4.69, 9.17) is 5.11 Å². The number of aromatic nitrogens is 1. The lowest BCUT2D eigenvalue weighted by atomic mass is 9.98. The Kier molecular flexibility index (Phi) is 3.88. The van der Waals surface area contributed by atoms with Crippen molar-refractivity contribution in [2.24, 2.45) is 5.92 Å². The average molecular weight is 300 g/mol. The highest BCUT2D eigenvalue weighted by molar-refractivity contribution is 5.86. The van der Waals surface area contributed by atoms with Crippen molar-refractivity contribution in [2.45, 2.75) is 26.3 Å². The Morgan fingerprint density at radius 3 is 2.86 bits per heavy atom. The number of rotatable bonds is 3. The van der Waals surface area contributed by atoms with Crippen LogP contribution in [0.1, 0.15) is 18.4 Å². The number of para-hydroxylation sites is 1. The fraction of sp³-hybridized carbons (Fsp3) is 0.412. The van der Waals surface area contributed by atoms with Crippen LogP contribution in [0.5, 0.6) is 0 Å². The van der Waals surface area contributed by atoms with Crippen LogP contribution in [-0.2, 0) is 16.1 Å². The molecule has 1 fully saturated rings. The van der Waals surface area contributed by atoms with Crippen molar-refractivity contribution in [3.8, 4) is 0 Å². The van der Waals surface area contributed by atoms with Gasteiger partial charge in [0.25, 0.3) is 0 Å². The molecular formula is C17H20N2O3. The van der Waals surface area contributed by atoms with Crippen molar-refractivity contribution < 1.29 is 14.7 Å². The van der Waals surface area contributed by atoms with Crippen LogP contribution in [-0.4, -0.2) is 39.5 Å². The van der Waals surface area contributed by atoms with Crippen molar-refractivity contribution in [2.75, 3.05) is 13.1 Å². The van der Waals surface area contributed by atoms with Crippen molar-refractivity contribution in [3.63, 3.8) is 0 Å². The molecule has 2 heterocycles. The SMILES string of the molecule is Cc1cn(CC(=O)N2CCCC(C(=O)O)C2)c2ccccc12. The summed E-state index contributed by atoms with van der Waals surface area (Å²) in [5, 5.41) is 10.3. The number of carboxylic acid groups (broad SMARTS) is 1. The van der Waals surface area contributed by atoms with E-state index in [0.29, 0.717) is 19.5 Å². The van der Waals surface area contributed by atoms with Crippen LogP contribution in [0.4, 0.5) is 0 Å². The Morgan fingerprint density at radius 2 is 2.09 bits per heavy atom. The first-order valence-electron chi connectivity index (χ1n) is 7.61. The Hall–Kier alpha value is -2.30. The maximum Gasteiger partial charge on any atom is 0.308 e. The van der Waals surface area contributed by atoms with Crippen molar-refractivity contribution >= 4 is 22.8 Å². The van der Waals surface area contributed by atoms with Crippen LogP contribution in [0.3, 0.4) is 0 Å². The van der Waals surface area contributed by atoms with E-state index >= 15 is 0 Å². The van der Waals surface area contributed by atoms with Gasteiger partial charge in [0.1, 0.15) is 6.54 Å². The minimum atomic E-state index is -0.806. The third-order valence-corrected chi connectivity index (χ3v) is 4.42. The summed E-state index contributed by atoms with van der Waals surface area (Å²) in [5.41, 5.74) is 2.19. The lowest BCUT2D eigenvalue weighted by molar-refractivity contribution is -0.145. The van der Waals surface area contributed by atoms with Gasteiger partial charge in [0.05, 0.1) is 5.92 Å². The third-order valence-electron chi connectivity index (χ3n) is 4.42. The fourth-order valence-corrected chi connectivity index (χ4v) is 3.21. The minimum Gasteiger partial charge on any atom is -0.481 e. The molecule has 0 bridgehead atoms. The zero-order chi connectivity index (χ0) is 15.7. The molecular weight excluding hydrogens is 280 g/mol. The number of carboxylic acids is 1. The lowest BCUT2D eigenvalue weighted by Gasteiger charge is -2.30. The number of hydrogen-bond donors (Lipinski definition) is 1. The molecule has 1 N–H and O–H groups in total. The molecule has 0 spiro atoms. The van der Waals surface area contributed by atoms with Gasteiger partial charge in [-0.15, -0.1) is 0 Å². The van der Waals surface area contributed by atoms with Crippen LogP contribution >= 0.6 is 0 Å². The molecule has 1 unspecified atom stereocenters. The molecule has 1 amide bonds. The number of benzene rings is 1. The zero-order valence-electron chi connectivity index (χ0n) is 12.7. The highest BCUT2D eigenvalue weighted by atomic mass is 16.4. The predicted octanol–water partition coefficient (Wildman–Crippen LogP) is 2.27. The number of aliphatic carboxylic acids is 1. The van der Waals surface area contributed by atoms with Gasteiger partial charge < -0.3 is 14.6 Å². The first kappa shape index (κ1) is 14.6. The molecule has 2 aromatic rings. The van der Waals surface area contributed by atoms with Crippen molar-refractivity contribution in [1.29, 1.82) is 0 Å². The molecule has 22 heavy (non-hydrogen) atoms. The van der Waals surface area contributed by atoms with Gasteiger partial charge in [-0.25, -0.2) is 0 Å².